The zero-order valence-corrected chi connectivity index (χ0v) is 9.91. The molecule has 0 bridgehead atoms. The van der Waals surface area contributed by atoms with Gasteiger partial charge in [0, 0.05) is 0 Å². The lowest BCUT2D eigenvalue weighted by Crippen LogP contribution is -2.04. The number of hydrogen-bond donors (Lipinski definition) is 1. The predicted octanol–water partition coefficient (Wildman–Crippen LogP) is 3.30. The molecular weight excluding hydrogens is 213 g/mol. The number of benzene rings is 2. The van der Waals surface area contributed by atoms with Gasteiger partial charge in [0.1, 0.15) is 5.82 Å². The van der Waals surface area contributed by atoms with Crippen LogP contribution in [0.5, 0.6) is 0 Å². The Kier molecular flexibility index (Phi) is 3.55. The normalized spacial score (nSPS) is 10.5. The molecule has 0 atom stereocenters. The van der Waals surface area contributed by atoms with Crippen LogP contribution in [0.4, 0.5) is 4.39 Å². The van der Waals surface area contributed by atoms with Crippen LogP contribution in [0, 0.1) is 12.7 Å². The molecule has 0 heterocycles. The van der Waals surface area contributed by atoms with E-state index in [2.05, 4.69) is 19.1 Å². The average Bonchev–Trinajstić information content (AvgIpc) is 2.32. The Balaban J connectivity index is 2.53. The van der Waals surface area contributed by atoms with Crippen molar-refractivity contribution in [3.05, 3.63) is 59.4 Å². The van der Waals surface area contributed by atoms with Crippen LogP contribution in [-0.2, 0) is 6.42 Å². The molecule has 0 aliphatic carbocycles. The zero-order valence-electron chi connectivity index (χ0n) is 9.91. The van der Waals surface area contributed by atoms with Crippen LogP contribution in [0.15, 0.2) is 42.5 Å². The average molecular weight is 229 g/mol. The van der Waals surface area contributed by atoms with E-state index in [1.165, 1.54) is 28.8 Å². The highest BCUT2D eigenvalue weighted by Crippen LogP contribution is 2.27. The lowest BCUT2D eigenvalue weighted by molar-refractivity contribution is 0.628. The highest BCUT2D eigenvalue weighted by molar-refractivity contribution is 5.70. The van der Waals surface area contributed by atoms with Gasteiger partial charge in [0.15, 0.2) is 0 Å². The molecule has 0 unspecified atom stereocenters. The molecule has 0 saturated carbocycles. The molecule has 1 nitrogen and oxygen atoms in total. The van der Waals surface area contributed by atoms with Gasteiger partial charge in [0.25, 0.3) is 0 Å². The third kappa shape index (κ3) is 2.53. The molecule has 0 aliphatic heterocycles. The van der Waals surface area contributed by atoms with Gasteiger partial charge < -0.3 is 5.73 Å². The van der Waals surface area contributed by atoms with Crippen molar-refractivity contribution in [2.75, 3.05) is 6.54 Å². The fraction of sp³-hybridized carbons (Fsp3) is 0.200. The van der Waals surface area contributed by atoms with Crippen LogP contribution in [0.3, 0.4) is 0 Å². The molecule has 0 fully saturated rings. The Morgan fingerprint density at radius 1 is 1.06 bits per heavy atom. The first kappa shape index (κ1) is 11.8. The Morgan fingerprint density at radius 3 is 2.41 bits per heavy atom. The van der Waals surface area contributed by atoms with Crippen molar-refractivity contribution in [3.63, 3.8) is 0 Å². The first-order chi connectivity index (χ1) is 8.22. The van der Waals surface area contributed by atoms with Crippen LogP contribution in [-0.4, -0.2) is 6.54 Å². The standard InChI is InChI=1S/C15H16FN/c1-11-3-2-4-12(9-10-17)15(11)13-5-7-14(16)8-6-13/h2-8H,9-10,17H2,1H3. The SMILES string of the molecule is Cc1cccc(CCN)c1-c1ccc(F)cc1. The summed E-state index contributed by atoms with van der Waals surface area (Å²) in [6.45, 7) is 2.69. The van der Waals surface area contributed by atoms with Crippen molar-refractivity contribution in [1.82, 2.24) is 0 Å². The van der Waals surface area contributed by atoms with E-state index in [4.69, 9.17) is 5.73 Å². The molecule has 2 rings (SSSR count). The third-order valence-corrected chi connectivity index (χ3v) is 2.91. The van der Waals surface area contributed by atoms with E-state index in [1.807, 2.05) is 18.2 Å². The molecule has 0 aliphatic rings. The number of halogens is 1. The minimum absolute atomic E-state index is 0.206. The fourth-order valence-corrected chi connectivity index (χ4v) is 2.12. The van der Waals surface area contributed by atoms with Crippen LogP contribution >= 0.6 is 0 Å². The Morgan fingerprint density at radius 2 is 1.76 bits per heavy atom. The minimum atomic E-state index is -0.206. The minimum Gasteiger partial charge on any atom is -0.330 e. The highest BCUT2D eigenvalue weighted by Gasteiger charge is 2.07. The molecule has 88 valence electrons. The van der Waals surface area contributed by atoms with Gasteiger partial charge in [-0.2, -0.15) is 0 Å². The summed E-state index contributed by atoms with van der Waals surface area (Å²) in [6, 6.07) is 12.8. The van der Waals surface area contributed by atoms with Crippen molar-refractivity contribution >= 4 is 0 Å². The molecule has 2 heteroatoms. The van der Waals surface area contributed by atoms with E-state index < -0.39 is 0 Å². The summed E-state index contributed by atoms with van der Waals surface area (Å²) in [5.74, 6) is -0.206. The molecule has 2 N–H and O–H groups in total. The number of rotatable bonds is 3. The summed E-state index contributed by atoms with van der Waals surface area (Å²) in [6.07, 6.45) is 0.842. The summed E-state index contributed by atoms with van der Waals surface area (Å²) in [4.78, 5) is 0. The Labute approximate surface area is 101 Å². The summed E-state index contributed by atoms with van der Waals surface area (Å²) in [5.41, 5.74) is 10.3. The second kappa shape index (κ2) is 5.11. The van der Waals surface area contributed by atoms with Gasteiger partial charge in [-0.1, -0.05) is 30.3 Å². The van der Waals surface area contributed by atoms with Gasteiger partial charge >= 0.3 is 0 Å². The molecule has 0 spiro atoms. The first-order valence-electron chi connectivity index (χ1n) is 5.77. The van der Waals surface area contributed by atoms with Gasteiger partial charge in [-0.25, -0.2) is 4.39 Å². The van der Waals surface area contributed by atoms with E-state index in [-0.39, 0.29) is 5.82 Å². The summed E-state index contributed by atoms with van der Waals surface area (Å²) < 4.78 is 12.9. The molecule has 2 aromatic rings. The van der Waals surface area contributed by atoms with E-state index in [0.717, 1.165) is 12.0 Å². The summed E-state index contributed by atoms with van der Waals surface area (Å²) in [5, 5.41) is 0. The van der Waals surface area contributed by atoms with Gasteiger partial charge in [0.05, 0.1) is 0 Å². The molecule has 0 radical (unpaired) electrons. The van der Waals surface area contributed by atoms with E-state index in [0.29, 0.717) is 6.54 Å². The highest BCUT2D eigenvalue weighted by atomic mass is 19.1. The summed E-state index contributed by atoms with van der Waals surface area (Å²) >= 11 is 0. The fourth-order valence-electron chi connectivity index (χ4n) is 2.12. The van der Waals surface area contributed by atoms with E-state index in [1.54, 1.807) is 0 Å². The van der Waals surface area contributed by atoms with Crippen molar-refractivity contribution in [3.8, 4) is 11.1 Å². The second-order valence-electron chi connectivity index (χ2n) is 4.15. The van der Waals surface area contributed by atoms with Crippen molar-refractivity contribution in [2.45, 2.75) is 13.3 Å². The third-order valence-electron chi connectivity index (χ3n) is 2.91. The number of nitrogens with two attached hydrogens (primary N) is 1. The Hall–Kier alpha value is -1.67. The number of hydrogen-bond acceptors (Lipinski definition) is 1. The van der Waals surface area contributed by atoms with Gasteiger partial charge in [-0.3, -0.25) is 0 Å². The maximum absolute atomic E-state index is 12.9. The lowest BCUT2D eigenvalue weighted by atomic mass is 9.93. The van der Waals surface area contributed by atoms with Crippen LogP contribution < -0.4 is 5.73 Å². The molecule has 0 aromatic heterocycles. The maximum atomic E-state index is 12.9. The molecule has 17 heavy (non-hydrogen) atoms. The van der Waals surface area contributed by atoms with Crippen LogP contribution in [0.2, 0.25) is 0 Å². The molecular formula is C15H16FN. The predicted molar refractivity (Wildman–Crippen MR) is 69.3 cm³/mol. The summed E-state index contributed by atoms with van der Waals surface area (Å²) in [7, 11) is 0. The van der Waals surface area contributed by atoms with E-state index >= 15 is 0 Å². The molecule has 0 saturated heterocycles. The molecule has 2 aromatic carbocycles. The maximum Gasteiger partial charge on any atom is 0.123 e. The Bertz CT molecular complexity index is 503. The smallest absolute Gasteiger partial charge is 0.123 e. The zero-order chi connectivity index (χ0) is 12.3. The van der Waals surface area contributed by atoms with Gasteiger partial charge in [-0.15, -0.1) is 0 Å². The quantitative estimate of drug-likeness (QED) is 0.858. The van der Waals surface area contributed by atoms with Gasteiger partial charge in [0.2, 0.25) is 0 Å². The van der Waals surface area contributed by atoms with E-state index in [9.17, 15) is 4.39 Å². The first-order valence-corrected chi connectivity index (χ1v) is 5.77. The van der Waals surface area contributed by atoms with Crippen LogP contribution in [0.25, 0.3) is 11.1 Å². The van der Waals surface area contributed by atoms with Crippen molar-refractivity contribution < 1.29 is 4.39 Å². The topological polar surface area (TPSA) is 26.0 Å². The molecule has 0 amide bonds. The second-order valence-corrected chi connectivity index (χ2v) is 4.15. The largest absolute Gasteiger partial charge is 0.330 e. The van der Waals surface area contributed by atoms with Crippen LogP contribution in [0.1, 0.15) is 11.1 Å². The number of aryl methyl sites for hydroxylation is 1. The van der Waals surface area contributed by atoms with Crippen molar-refractivity contribution in [2.24, 2.45) is 5.73 Å². The lowest BCUT2D eigenvalue weighted by Gasteiger charge is -2.12. The van der Waals surface area contributed by atoms with Gasteiger partial charge in [-0.05, 0) is 54.3 Å². The van der Waals surface area contributed by atoms with Crippen molar-refractivity contribution in [1.29, 1.82) is 0 Å². The monoisotopic (exact) mass is 229 g/mol.